The van der Waals surface area contributed by atoms with Gasteiger partial charge in [0.15, 0.2) is 5.78 Å². The fourth-order valence-corrected chi connectivity index (χ4v) is 3.25. The smallest absolute Gasteiger partial charge is 0.161 e. The fourth-order valence-electron chi connectivity index (χ4n) is 3.25. The number of rotatable bonds is 11. The minimum Gasteiger partial charge on any atom is -0.496 e. The summed E-state index contributed by atoms with van der Waals surface area (Å²) in [4.78, 5) is 11.9. The van der Waals surface area contributed by atoms with E-state index in [4.69, 9.17) is 19.3 Å². The molecule has 0 amide bonds. The molecule has 1 heterocycles. The van der Waals surface area contributed by atoms with E-state index in [9.17, 15) is 4.79 Å². The summed E-state index contributed by atoms with van der Waals surface area (Å²) in [7, 11) is 1.67. The van der Waals surface area contributed by atoms with Crippen LogP contribution in [0.2, 0.25) is 0 Å². The van der Waals surface area contributed by atoms with Crippen molar-refractivity contribution < 1.29 is 19.0 Å². The number of methoxy groups -OCH3 is 1. The lowest BCUT2D eigenvalue weighted by atomic mass is 10.1. The van der Waals surface area contributed by atoms with Crippen LogP contribution in [0.15, 0.2) is 54.6 Å². The van der Waals surface area contributed by atoms with Gasteiger partial charge in [-0.1, -0.05) is 44.2 Å². The zero-order valence-electron chi connectivity index (χ0n) is 20.4. The van der Waals surface area contributed by atoms with Gasteiger partial charge < -0.3 is 14.2 Å². The summed E-state index contributed by atoms with van der Waals surface area (Å²) in [5.41, 5.74) is 2.85. The summed E-state index contributed by atoms with van der Waals surface area (Å²) in [6.45, 7) is 10.8. The lowest BCUT2D eigenvalue weighted by Crippen LogP contribution is -2.32. The quantitative estimate of drug-likeness (QED) is 0.385. The second kappa shape index (κ2) is 10.7. The Balaban J connectivity index is 1.95. The van der Waals surface area contributed by atoms with Crippen molar-refractivity contribution in [2.75, 3.05) is 13.7 Å². The molecule has 0 spiro atoms. The summed E-state index contributed by atoms with van der Waals surface area (Å²) >= 11 is 0. The SMILES string of the molecule is COc1ccccc1Cn1nc(COC(C)(C)C(C)=O)cc1-c1cccc(OCC(C)C)c1. The molecular formula is C27H34N2O4. The highest BCUT2D eigenvalue weighted by atomic mass is 16.5. The van der Waals surface area contributed by atoms with Gasteiger partial charge in [0, 0.05) is 11.1 Å². The number of Topliss-reactive ketones (excluding diaryl/α,β-unsaturated/α-hetero) is 1. The number of hydrogen-bond acceptors (Lipinski definition) is 5. The Morgan fingerprint density at radius 3 is 2.55 bits per heavy atom. The standard InChI is InChI=1S/C27H34N2O4/c1-19(2)17-32-24-12-9-11-21(14-24)25-15-23(18-33-27(4,5)20(3)30)28-29(25)16-22-10-7-8-13-26(22)31-6/h7-15,19H,16-18H2,1-6H3. The fraction of sp³-hybridized carbons (Fsp3) is 0.407. The number of benzene rings is 2. The first-order valence-electron chi connectivity index (χ1n) is 11.3. The van der Waals surface area contributed by atoms with E-state index in [1.807, 2.05) is 59.3 Å². The molecule has 0 unspecified atom stereocenters. The molecule has 0 aliphatic heterocycles. The third kappa shape index (κ3) is 6.45. The van der Waals surface area contributed by atoms with Gasteiger partial charge in [-0.3, -0.25) is 9.48 Å². The molecule has 0 atom stereocenters. The molecule has 0 aliphatic carbocycles. The van der Waals surface area contributed by atoms with E-state index in [0.29, 0.717) is 19.1 Å². The number of aromatic nitrogens is 2. The lowest BCUT2D eigenvalue weighted by molar-refractivity contribution is -0.139. The van der Waals surface area contributed by atoms with Crippen LogP contribution in [-0.4, -0.2) is 34.9 Å². The summed E-state index contributed by atoms with van der Waals surface area (Å²) in [5, 5.41) is 4.81. The van der Waals surface area contributed by atoms with E-state index in [1.54, 1.807) is 21.0 Å². The van der Waals surface area contributed by atoms with E-state index in [1.165, 1.54) is 6.92 Å². The van der Waals surface area contributed by atoms with Gasteiger partial charge in [0.1, 0.15) is 17.1 Å². The average molecular weight is 451 g/mol. The molecule has 0 saturated carbocycles. The maximum absolute atomic E-state index is 11.9. The van der Waals surface area contributed by atoms with Crippen molar-refractivity contribution in [3.8, 4) is 22.8 Å². The summed E-state index contributed by atoms with van der Waals surface area (Å²) in [5.74, 6) is 2.05. The predicted octanol–water partition coefficient (Wildman–Crippen LogP) is 5.53. The first-order chi connectivity index (χ1) is 15.7. The second-order valence-corrected chi connectivity index (χ2v) is 9.08. The van der Waals surface area contributed by atoms with Gasteiger partial charge in [-0.15, -0.1) is 0 Å². The Morgan fingerprint density at radius 2 is 1.85 bits per heavy atom. The lowest BCUT2D eigenvalue weighted by Gasteiger charge is -2.21. The molecule has 33 heavy (non-hydrogen) atoms. The highest BCUT2D eigenvalue weighted by Crippen LogP contribution is 2.28. The number of carbonyl (C=O) groups is 1. The molecule has 0 N–H and O–H groups in total. The Kier molecular flexibility index (Phi) is 7.92. The zero-order chi connectivity index (χ0) is 24.0. The molecule has 6 heteroatoms. The van der Waals surface area contributed by atoms with Crippen LogP contribution in [0.3, 0.4) is 0 Å². The highest BCUT2D eigenvalue weighted by molar-refractivity contribution is 5.83. The maximum Gasteiger partial charge on any atom is 0.161 e. The van der Waals surface area contributed by atoms with Gasteiger partial charge in [-0.2, -0.15) is 5.10 Å². The number of carbonyl (C=O) groups excluding carboxylic acids is 1. The monoisotopic (exact) mass is 450 g/mol. The van der Waals surface area contributed by atoms with Crippen molar-refractivity contribution in [3.05, 3.63) is 65.9 Å². The first kappa shape index (κ1) is 24.5. The highest BCUT2D eigenvalue weighted by Gasteiger charge is 2.25. The minimum absolute atomic E-state index is 0.0221. The van der Waals surface area contributed by atoms with Crippen LogP contribution in [-0.2, 0) is 22.7 Å². The average Bonchev–Trinajstić information content (AvgIpc) is 3.19. The van der Waals surface area contributed by atoms with E-state index in [2.05, 4.69) is 13.8 Å². The van der Waals surface area contributed by atoms with Gasteiger partial charge in [-0.05, 0) is 51.0 Å². The molecule has 2 aromatic carbocycles. The molecule has 0 bridgehead atoms. The molecular weight excluding hydrogens is 416 g/mol. The topological polar surface area (TPSA) is 62.6 Å². The molecule has 176 valence electrons. The molecule has 6 nitrogen and oxygen atoms in total. The molecule has 1 aromatic heterocycles. The van der Waals surface area contributed by atoms with Crippen LogP contribution in [0.5, 0.6) is 11.5 Å². The van der Waals surface area contributed by atoms with Crippen molar-refractivity contribution in [2.24, 2.45) is 5.92 Å². The van der Waals surface area contributed by atoms with Crippen LogP contribution in [0.4, 0.5) is 0 Å². The Morgan fingerprint density at radius 1 is 1.09 bits per heavy atom. The number of nitrogens with zero attached hydrogens (tertiary/aromatic N) is 2. The number of ether oxygens (including phenoxy) is 3. The van der Waals surface area contributed by atoms with Gasteiger partial charge in [-0.25, -0.2) is 0 Å². The molecule has 0 saturated heterocycles. The van der Waals surface area contributed by atoms with Gasteiger partial charge in [0.05, 0.1) is 38.3 Å². The van der Waals surface area contributed by atoms with Crippen LogP contribution in [0.1, 0.15) is 45.9 Å². The third-order valence-corrected chi connectivity index (χ3v) is 5.49. The van der Waals surface area contributed by atoms with Crippen LogP contribution in [0.25, 0.3) is 11.3 Å². The number of para-hydroxylation sites is 1. The second-order valence-electron chi connectivity index (χ2n) is 9.08. The zero-order valence-corrected chi connectivity index (χ0v) is 20.4. The summed E-state index contributed by atoms with van der Waals surface area (Å²) in [6.07, 6.45) is 0. The van der Waals surface area contributed by atoms with Crippen LogP contribution in [0, 0.1) is 5.92 Å². The largest absolute Gasteiger partial charge is 0.496 e. The van der Waals surface area contributed by atoms with Crippen LogP contribution >= 0.6 is 0 Å². The van der Waals surface area contributed by atoms with E-state index >= 15 is 0 Å². The normalized spacial score (nSPS) is 11.6. The van der Waals surface area contributed by atoms with E-state index < -0.39 is 5.60 Å². The van der Waals surface area contributed by atoms with Crippen LogP contribution < -0.4 is 9.47 Å². The van der Waals surface area contributed by atoms with Crippen molar-refractivity contribution in [1.29, 1.82) is 0 Å². The Labute approximate surface area is 196 Å². The molecule has 0 aliphatic rings. The molecule has 0 fully saturated rings. The Hall–Kier alpha value is -3.12. The van der Waals surface area contributed by atoms with Crippen molar-refractivity contribution in [3.63, 3.8) is 0 Å². The summed E-state index contributed by atoms with van der Waals surface area (Å²) < 4.78 is 19.3. The Bertz CT molecular complexity index is 1090. The molecule has 3 aromatic rings. The van der Waals surface area contributed by atoms with Crippen molar-refractivity contribution in [2.45, 2.75) is 53.4 Å². The maximum atomic E-state index is 11.9. The molecule has 0 radical (unpaired) electrons. The van der Waals surface area contributed by atoms with E-state index in [0.717, 1.165) is 34.0 Å². The number of hydrogen-bond donors (Lipinski definition) is 0. The van der Waals surface area contributed by atoms with E-state index in [-0.39, 0.29) is 12.4 Å². The predicted molar refractivity (Wildman–Crippen MR) is 130 cm³/mol. The molecule has 3 rings (SSSR count). The van der Waals surface area contributed by atoms with Gasteiger partial charge in [0.25, 0.3) is 0 Å². The van der Waals surface area contributed by atoms with Gasteiger partial charge >= 0.3 is 0 Å². The van der Waals surface area contributed by atoms with Gasteiger partial charge in [0.2, 0.25) is 0 Å². The van der Waals surface area contributed by atoms with Crippen molar-refractivity contribution in [1.82, 2.24) is 9.78 Å². The summed E-state index contributed by atoms with van der Waals surface area (Å²) in [6, 6.07) is 17.9. The number of ketones is 1. The minimum atomic E-state index is -0.864. The first-order valence-corrected chi connectivity index (χ1v) is 11.3. The third-order valence-electron chi connectivity index (χ3n) is 5.49. The van der Waals surface area contributed by atoms with Crippen molar-refractivity contribution >= 4 is 5.78 Å².